The molecule has 0 spiro atoms. The average molecular weight is 568 g/mol. The molecule has 0 aliphatic carbocycles. The zero-order valence-electron chi connectivity index (χ0n) is 24.0. The number of nitrogens with zero attached hydrogens (tertiary/aromatic N) is 3. The summed E-state index contributed by atoms with van der Waals surface area (Å²) in [4.78, 5) is 9.59. The second-order valence-electron chi connectivity index (χ2n) is 11.2. The highest BCUT2D eigenvalue weighted by Gasteiger charge is 2.40. The van der Waals surface area contributed by atoms with E-state index in [0.717, 1.165) is 42.8 Å². The number of fused-ring (bicyclic) bond motifs is 1. The highest BCUT2D eigenvalue weighted by molar-refractivity contribution is 7.92. The molecule has 2 aromatic rings. The smallest absolute Gasteiger partial charge is 0.195 e. The van der Waals surface area contributed by atoms with Gasteiger partial charge >= 0.3 is 0 Å². The zero-order valence-corrected chi connectivity index (χ0v) is 24.8. The van der Waals surface area contributed by atoms with Crippen LogP contribution in [0.15, 0.2) is 63.7 Å². The van der Waals surface area contributed by atoms with Gasteiger partial charge in [-0.25, -0.2) is 8.42 Å². The molecule has 2 aromatic carbocycles. The monoisotopic (exact) mass is 567 g/mol. The quantitative estimate of drug-likeness (QED) is 0.381. The molecule has 1 fully saturated rings. The molecule has 1 atom stereocenters. The van der Waals surface area contributed by atoms with Gasteiger partial charge in [0.15, 0.2) is 15.6 Å². The summed E-state index contributed by atoms with van der Waals surface area (Å²) in [5.74, 6) is 0.715. The minimum absolute atomic E-state index is 0.248. The number of ether oxygens (including phenoxy) is 1. The van der Waals surface area contributed by atoms with Gasteiger partial charge in [-0.05, 0) is 71.5 Å². The summed E-state index contributed by atoms with van der Waals surface area (Å²) in [5.41, 5.74) is 10.2. The van der Waals surface area contributed by atoms with Crippen molar-refractivity contribution in [2.75, 3.05) is 51.1 Å². The predicted octanol–water partition coefficient (Wildman–Crippen LogP) is 2.80. The molecule has 3 aliphatic rings. The number of aliphatic imine (C=N–C) groups is 1. The minimum Gasteiger partial charge on any atom is -0.496 e. The van der Waals surface area contributed by atoms with Gasteiger partial charge in [0.2, 0.25) is 0 Å². The van der Waals surface area contributed by atoms with Crippen molar-refractivity contribution in [3.05, 3.63) is 59.4 Å². The Balaban J connectivity index is 1.45. The summed E-state index contributed by atoms with van der Waals surface area (Å²) in [6.45, 7) is 5.94. The molecule has 5 rings (SSSR count). The van der Waals surface area contributed by atoms with Crippen LogP contribution in [0.2, 0.25) is 0 Å². The van der Waals surface area contributed by atoms with Crippen molar-refractivity contribution in [3.8, 4) is 5.75 Å². The lowest BCUT2D eigenvalue weighted by atomic mass is 10.00. The summed E-state index contributed by atoms with van der Waals surface area (Å²) in [6.07, 6.45) is 2.92. The summed E-state index contributed by atoms with van der Waals surface area (Å²) < 4.78 is 32.1. The molecule has 216 valence electrons. The van der Waals surface area contributed by atoms with Crippen LogP contribution in [0.4, 0.5) is 11.4 Å². The van der Waals surface area contributed by atoms with E-state index in [1.165, 1.54) is 0 Å². The van der Waals surface area contributed by atoms with E-state index in [9.17, 15) is 8.42 Å². The normalized spacial score (nSPS) is 21.7. The van der Waals surface area contributed by atoms with Crippen molar-refractivity contribution in [1.82, 2.24) is 15.5 Å². The van der Waals surface area contributed by atoms with E-state index in [0.29, 0.717) is 42.1 Å². The Morgan fingerprint density at radius 2 is 1.88 bits per heavy atom. The van der Waals surface area contributed by atoms with Gasteiger partial charge in [-0.1, -0.05) is 12.1 Å². The molecular formula is C29H41N7O3S. The molecule has 40 heavy (non-hydrogen) atoms. The number of benzene rings is 2. The molecule has 0 saturated carbocycles. The first-order valence-electron chi connectivity index (χ1n) is 13.9. The van der Waals surface area contributed by atoms with Gasteiger partial charge in [0.1, 0.15) is 17.4 Å². The van der Waals surface area contributed by atoms with Gasteiger partial charge in [0, 0.05) is 43.0 Å². The second-order valence-corrected chi connectivity index (χ2v) is 13.6. The maximum Gasteiger partial charge on any atom is 0.195 e. The topological polar surface area (TPSA) is 124 Å². The Hall–Kier alpha value is -3.28. The van der Waals surface area contributed by atoms with E-state index in [2.05, 4.69) is 50.9 Å². The molecule has 0 amide bonds. The Morgan fingerprint density at radius 3 is 2.55 bits per heavy atom. The van der Waals surface area contributed by atoms with Crippen molar-refractivity contribution < 1.29 is 13.2 Å². The molecule has 0 radical (unpaired) electrons. The first-order valence-corrected chi connectivity index (χ1v) is 15.4. The number of amidine groups is 1. The van der Waals surface area contributed by atoms with Crippen LogP contribution in [-0.4, -0.2) is 71.3 Å². The predicted molar refractivity (Wildman–Crippen MR) is 160 cm³/mol. The van der Waals surface area contributed by atoms with E-state index in [4.69, 9.17) is 10.5 Å². The van der Waals surface area contributed by atoms with Crippen LogP contribution in [0.1, 0.15) is 38.7 Å². The Morgan fingerprint density at radius 1 is 1.15 bits per heavy atom. The largest absolute Gasteiger partial charge is 0.496 e. The van der Waals surface area contributed by atoms with Gasteiger partial charge in [-0.15, -0.1) is 0 Å². The van der Waals surface area contributed by atoms with Crippen LogP contribution < -0.4 is 31.3 Å². The summed E-state index contributed by atoms with van der Waals surface area (Å²) in [7, 11) is 2.42. The van der Waals surface area contributed by atoms with Gasteiger partial charge in [0.25, 0.3) is 0 Å². The van der Waals surface area contributed by atoms with Crippen LogP contribution in [0, 0.1) is 0 Å². The van der Waals surface area contributed by atoms with Crippen LogP contribution >= 0.6 is 0 Å². The molecule has 11 heteroatoms. The number of piperidine rings is 1. The van der Waals surface area contributed by atoms with Gasteiger partial charge < -0.3 is 30.5 Å². The number of anilines is 2. The third-order valence-corrected chi connectivity index (χ3v) is 10.3. The van der Waals surface area contributed by atoms with Crippen molar-refractivity contribution in [3.63, 3.8) is 0 Å². The number of para-hydroxylation sites is 1. The van der Waals surface area contributed by atoms with E-state index in [1.54, 1.807) is 39.2 Å². The first-order chi connectivity index (χ1) is 19.0. The molecule has 3 heterocycles. The molecule has 1 unspecified atom stereocenters. The molecule has 0 bridgehead atoms. The number of sulfone groups is 1. The first kappa shape index (κ1) is 28.3. The molecule has 5 N–H and O–H groups in total. The maximum absolute atomic E-state index is 13.1. The number of hydrogen-bond donors (Lipinski definition) is 4. The second kappa shape index (κ2) is 10.9. The summed E-state index contributed by atoms with van der Waals surface area (Å²) in [5, 5.41) is 9.61. The Bertz CT molecular complexity index is 1430. The van der Waals surface area contributed by atoms with Crippen LogP contribution in [0.3, 0.4) is 0 Å². The number of nitrogens with two attached hydrogens (primary N) is 1. The fourth-order valence-electron chi connectivity index (χ4n) is 5.63. The van der Waals surface area contributed by atoms with Crippen molar-refractivity contribution in [1.29, 1.82) is 0 Å². The molecule has 0 aromatic heterocycles. The fraction of sp³-hybridized carbons (Fsp3) is 0.483. The fourth-order valence-corrected chi connectivity index (χ4v) is 6.83. The molecule has 3 aliphatic heterocycles. The summed E-state index contributed by atoms with van der Waals surface area (Å²) in [6, 6.07) is 13.7. The van der Waals surface area contributed by atoms with Crippen LogP contribution in [0.5, 0.6) is 5.75 Å². The third-order valence-electron chi connectivity index (χ3n) is 8.10. The standard InChI is InChI=1S/C29H41N7O3S/c1-19(2)40(37,38)26-9-7-6-8-24(26)32-28-22-12-15-31-27(22)33-29(30,34-28)23-11-10-21(18-25(23)39-5)36-16-13-20(14-17-36)35(3)4/h6-11,18-20,32,34H,12-17,30H2,1-5H3,(H,31,33). The SMILES string of the molecule is COc1cc(N2CCC(N(C)C)CC2)ccc1C1(N)NC2=NCCC2=C(Nc2ccccc2S(=O)(=O)C(C)C)N1. The molecular weight excluding hydrogens is 526 g/mol. The average Bonchev–Trinajstić information content (AvgIpc) is 3.41. The Labute approximate surface area is 237 Å². The molecule has 1 saturated heterocycles. The lowest BCUT2D eigenvalue weighted by Crippen LogP contribution is -2.66. The zero-order chi connectivity index (χ0) is 28.7. The van der Waals surface area contributed by atoms with Gasteiger partial charge in [-0.2, -0.15) is 0 Å². The van der Waals surface area contributed by atoms with Crippen LogP contribution in [-0.2, 0) is 15.6 Å². The Kier molecular flexibility index (Phi) is 7.73. The van der Waals surface area contributed by atoms with E-state index in [1.807, 2.05) is 18.2 Å². The summed E-state index contributed by atoms with van der Waals surface area (Å²) >= 11 is 0. The van der Waals surface area contributed by atoms with E-state index < -0.39 is 20.9 Å². The van der Waals surface area contributed by atoms with Crippen LogP contribution in [0.25, 0.3) is 0 Å². The van der Waals surface area contributed by atoms with E-state index in [-0.39, 0.29) is 4.90 Å². The number of rotatable bonds is 8. The minimum atomic E-state index is -3.51. The number of nitrogens with one attached hydrogen (secondary N) is 3. The highest BCUT2D eigenvalue weighted by atomic mass is 32.2. The maximum atomic E-state index is 13.1. The van der Waals surface area contributed by atoms with Crippen molar-refractivity contribution >= 4 is 27.0 Å². The van der Waals surface area contributed by atoms with Crippen molar-refractivity contribution in [2.45, 2.75) is 55.1 Å². The number of hydrogen-bond acceptors (Lipinski definition) is 10. The lowest BCUT2D eigenvalue weighted by Gasteiger charge is -2.41. The third kappa shape index (κ3) is 5.25. The lowest BCUT2D eigenvalue weighted by molar-refractivity contribution is 0.249. The number of methoxy groups -OCH3 is 1. The van der Waals surface area contributed by atoms with E-state index >= 15 is 0 Å². The molecule has 10 nitrogen and oxygen atoms in total. The van der Waals surface area contributed by atoms with Gasteiger partial charge in [-0.3, -0.25) is 10.7 Å². The highest BCUT2D eigenvalue weighted by Crippen LogP contribution is 2.35. The van der Waals surface area contributed by atoms with Gasteiger partial charge in [0.05, 0.1) is 28.5 Å². The van der Waals surface area contributed by atoms with Crippen molar-refractivity contribution in [2.24, 2.45) is 10.7 Å².